The van der Waals surface area contributed by atoms with Crippen LogP contribution >= 0.6 is 0 Å². The monoisotopic (exact) mass is 342 g/mol. The highest BCUT2D eigenvalue weighted by atomic mass is 19.2. The number of hydrogen-bond donors (Lipinski definition) is 1. The first-order chi connectivity index (χ1) is 11.9. The number of aromatic nitrogens is 1. The van der Waals surface area contributed by atoms with E-state index in [4.69, 9.17) is 4.74 Å². The molecule has 0 aliphatic heterocycles. The van der Waals surface area contributed by atoms with Crippen molar-refractivity contribution >= 4 is 22.5 Å². The van der Waals surface area contributed by atoms with Crippen LogP contribution in [-0.2, 0) is 4.79 Å². The molecule has 3 aromatic rings. The Morgan fingerprint density at radius 2 is 1.92 bits per heavy atom. The first kappa shape index (κ1) is 16.8. The summed E-state index contributed by atoms with van der Waals surface area (Å²) < 4.78 is 33.2. The molecular formula is C19H16F2N2O2. The summed E-state index contributed by atoms with van der Waals surface area (Å²) in [5.41, 5.74) is 2.34. The largest absolute Gasteiger partial charge is 0.496 e. The number of ether oxygens (including phenoxy) is 1. The molecule has 1 heterocycles. The number of benzene rings is 2. The fourth-order valence-corrected chi connectivity index (χ4v) is 2.75. The van der Waals surface area contributed by atoms with Gasteiger partial charge in [0.05, 0.1) is 23.9 Å². The number of rotatable bonds is 3. The van der Waals surface area contributed by atoms with Gasteiger partial charge in [-0.15, -0.1) is 0 Å². The molecule has 0 atom stereocenters. The molecular weight excluding hydrogens is 326 g/mol. The lowest BCUT2D eigenvalue weighted by Crippen LogP contribution is -2.05. The van der Waals surface area contributed by atoms with E-state index in [9.17, 15) is 13.6 Å². The standard InChI is InChI=1S/C19H16F2N2O2/c1-10-8-16(18-17(25-3)7-5-14(20)19(18)21)23-15-6-4-12(9-13(10)15)22-11(2)24/h4-9H,1-3H3,(H,22,24). The molecule has 6 heteroatoms. The lowest BCUT2D eigenvalue weighted by molar-refractivity contribution is -0.114. The number of halogens is 2. The summed E-state index contributed by atoms with van der Waals surface area (Å²) >= 11 is 0. The van der Waals surface area contributed by atoms with Crippen molar-refractivity contribution in [3.8, 4) is 17.0 Å². The molecule has 25 heavy (non-hydrogen) atoms. The minimum absolute atomic E-state index is 0.0153. The van der Waals surface area contributed by atoms with Gasteiger partial charge >= 0.3 is 0 Å². The van der Waals surface area contributed by atoms with Crippen molar-refractivity contribution < 1.29 is 18.3 Å². The van der Waals surface area contributed by atoms with Crippen molar-refractivity contribution in [3.63, 3.8) is 0 Å². The van der Waals surface area contributed by atoms with E-state index in [0.29, 0.717) is 11.2 Å². The van der Waals surface area contributed by atoms with Gasteiger partial charge in [-0.3, -0.25) is 4.79 Å². The van der Waals surface area contributed by atoms with Gasteiger partial charge in [-0.05, 0) is 48.9 Å². The number of nitrogens with zero attached hydrogens (tertiary/aromatic N) is 1. The maximum Gasteiger partial charge on any atom is 0.221 e. The van der Waals surface area contributed by atoms with Crippen LogP contribution in [0.15, 0.2) is 36.4 Å². The van der Waals surface area contributed by atoms with Crippen LogP contribution in [0.25, 0.3) is 22.2 Å². The topological polar surface area (TPSA) is 51.2 Å². The SMILES string of the molecule is COc1ccc(F)c(F)c1-c1cc(C)c2cc(NC(C)=O)ccc2n1. The van der Waals surface area contributed by atoms with E-state index in [2.05, 4.69) is 10.3 Å². The second kappa shape index (κ2) is 6.47. The van der Waals surface area contributed by atoms with Gasteiger partial charge in [0.1, 0.15) is 5.75 Å². The molecule has 0 fully saturated rings. The van der Waals surface area contributed by atoms with E-state index in [1.807, 2.05) is 6.92 Å². The number of carbonyl (C=O) groups is 1. The van der Waals surface area contributed by atoms with Crippen molar-refractivity contribution in [2.24, 2.45) is 0 Å². The van der Waals surface area contributed by atoms with Gasteiger partial charge in [0.15, 0.2) is 11.6 Å². The van der Waals surface area contributed by atoms with Crippen LogP contribution in [0.3, 0.4) is 0 Å². The molecule has 1 amide bonds. The number of pyridine rings is 1. The van der Waals surface area contributed by atoms with Crippen molar-refractivity contribution in [2.45, 2.75) is 13.8 Å². The van der Waals surface area contributed by atoms with E-state index in [-0.39, 0.29) is 22.9 Å². The first-order valence-corrected chi connectivity index (χ1v) is 7.62. The zero-order chi connectivity index (χ0) is 18.1. The van der Waals surface area contributed by atoms with E-state index < -0.39 is 11.6 Å². The lowest BCUT2D eigenvalue weighted by Gasteiger charge is -2.12. The molecule has 2 aromatic carbocycles. The molecule has 0 spiro atoms. The average molecular weight is 342 g/mol. The van der Waals surface area contributed by atoms with Crippen LogP contribution in [0.1, 0.15) is 12.5 Å². The molecule has 1 N–H and O–H groups in total. The number of aryl methyl sites for hydroxylation is 1. The molecule has 0 bridgehead atoms. The van der Waals surface area contributed by atoms with Gasteiger partial charge in [0.25, 0.3) is 0 Å². The maximum absolute atomic E-state index is 14.3. The third-order valence-electron chi connectivity index (χ3n) is 3.87. The molecule has 0 aliphatic carbocycles. The average Bonchev–Trinajstić information content (AvgIpc) is 2.57. The summed E-state index contributed by atoms with van der Waals surface area (Å²) in [5, 5.41) is 3.52. The third kappa shape index (κ3) is 3.15. The van der Waals surface area contributed by atoms with Gasteiger partial charge < -0.3 is 10.1 Å². The Bertz CT molecular complexity index is 987. The van der Waals surface area contributed by atoms with Crippen molar-refractivity contribution in [3.05, 3.63) is 53.6 Å². The van der Waals surface area contributed by atoms with Crippen LogP contribution in [0.5, 0.6) is 5.75 Å². The third-order valence-corrected chi connectivity index (χ3v) is 3.87. The van der Waals surface area contributed by atoms with Gasteiger partial charge in [-0.1, -0.05) is 0 Å². The second-order valence-electron chi connectivity index (χ2n) is 5.68. The lowest BCUT2D eigenvalue weighted by atomic mass is 10.0. The minimum Gasteiger partial charge on any atom is -0.496 e. The summed E-state index contributed by atoms with van der Waals surface area (Å²) in [7, 11) is 1.39. The smallest absolute Gasteiger partial charge is 0.221 e. The highest BCUT2D eigenvalue weighted by molar-refractivity contribution is 5.94. The number of nitrogens with one attached hydrogen (secondary N) is 1. The second-order valence-corrected chi connectivity index (χ2v) is 5.68. The quantitative estimate of drug-likeness (QED) is 0.765. The van der Waals surface area contributed by atoms with Gasteiger partial charge in [-0.25, -0.2) is 13.8 Å². The predicted molar refractivity (Wildman–Crippen MR) is 92.7 cm³/mol. The van der Waals surface area contributed by atoms with Crippen LogP contribution in [0.2, 0.25) is 0 Å². The van der Waals surface area contributed by atoms with Crippen LogP contribution in [0, 0.1) is 18.6 Å². The number of hydrogen-bond acceptors (Lipinski definition) is 3. The number of carbonyl (C=O) groups excluding carboxylic acids is 1. The maximum atomic E-state index is 14.3. The Kier molecular flexibility index (Phi) is 4.35. The van der Waals surface area contributed by atoms with Gasteiger partial charge in [0.2, 0.25) is 5.91 Å². The Morgan fingerprint density at radius 1 is 1.16 bits per heavy atom. The van der Waals surface area contributed by atoms with E-state index in [1.165, 1.54) is 20.1 Å². The summed E-state index contributed by atoms with van der Waals surface area (Å²) in [6.07, 6.45) is 0. The van der Waals surface area contributed by atoms with Crippen molar-refractivity contribution in [1.82, 2.24) is 4.98 Å². The van der Waals surface area contributed by atoms with E-state index in [0.717, 1.165) is 17.0 Å². The van der Waals surface area contributed by atoms with E-state index >= 15 is 0 Å². The molecule has 128 valence electrons. The fraction of sp³-hybridized carbons (Fsp3) is 0.158. The molecule has 0 saturated carbocycles. The highest BCUT2D eigenvalue weighted by Gasteiger charge is 2.18. The normalized spacial score (nSPS) is 10.8. The summed E-state index contributed by atoms with van der Waals surface area (Å²) in [6, 6.07) is 9.28. The summed E-state index contributed by atoms with van der Waals surface area (Å²) in [6.45, 7) is 3.27. The van der Waals surface area contributed by atoms with Crippen molar-refractivity contribution in [1.29, 1.82) is 0 Å². The Labute approximate surface area is 143 Å². The molecule has 3 rings (SSSR count). The predicted octanol–water partition coefficient (Wildman–Crippen LogP) is 4.46. The Balaban J connectivity index is 2.20. The minimum atomic E-state index is -1.000. The molecule has 0 saturated heterocycles. The van der Waals surface area contributed by atoms with Crippen LogP contribution < -0.4 is 10.1 Å². The van der Waals surface area contributed by atoms with Crippen molar-refractivity contribution in [2.75, 3.05) is 12.4 Å². The number of fused-ring (bicyclic) bond motifs is 1. The first-order valence-electron chi connectivity index (χ1n) is 7.62. The zero-order valence-electron chi connectivity index (χ0n) is 14.0. The number of anilines is 1. The molecule has 1 aromatic heterocycles. The Morgan fingerprint density at radius 3 is 2.60 bits per heavy atom. The summed E-state index contributed by atoms with van der Waals surface area (Å²) in [5.74, 6) is -1.93. The highest BCUT2D eigenvalue weighted by Crippen LogP contribution is 2.35. The van der Waals surface area contributed by atoms with Crippen LogP contribution in [-0.4, -0.2) is 18.0 Å². The number of methoxy groups -OCH3 is 1. The molecule has 0 aliphatic rings. The zero-order valence-corrected chi connectivity index (χ0v) is 14.0. The van der Waals surface area contributed by atoms with Crippen LogP contribution in [0.4, 0.5) is 14.5 Å². The Hall–Kier alpha value is -3.02. The van der Waals surface area contributed by atoms with E-state index in [1.54, 1.807) is 24.3 Å². The molecule has 4 nitrogen and oxygen atoms in total. The molecule has 0 radical (unpaired) electrons. The summed E-state index contributed by atoms with van der Waals surface area (Å²) in [4.78, 5) is 15.6. The van der Waals surface area contributed by atoms with Gasteiger partial charge in [-0.2, -0.15) is 0 Å². The molecule has 0 unspecified atom stereocenters. The fourth-order valence-electron chi connectivity index (χ4n) is 2.75. The number of amides is 1. The van der Waals surface area contributed by atoms with Gasteiger partial charge in [0, 0.05) is 18.0 Å².